The van der Waals surface area contributed by atoms with Crippen LogP contribution in [0.25, 0.3) is 22.2 Å². The average Bonchev–Trinajstić information content (AvgIpc) is 3.96. The maximum Gasteiger partial charge on any atom is 0.264 e. The predicted molar refractivity (Wildman–Crippen MR) is 245 cm³/mol. The van der Waals surface area contributed by atoms with Crippen LogP contribution in [0, 0.1) is 5.82 Å². The van der Waals surface area contributed by atoms with Gasteiger partial charge in [-0.05, 0) is 93.1 Å². The number of benzene rings is 3. The average molecular weight is 921 g/mol. The second-order valence-corrected chi connectivity index (χ2v) is 17.0. The summed E-state index contributed by atoms with van der Waals surface area (Å²) in [7, 11) is 2.13. The third-order valence-corrected chi connectivity index (χ3v) is 12.2. The second kappa shape index (κ2) is 22.5. The van der Waals surface area contributed by atoms with E-state index in [1.165, 1.54) is 17.7 Å². The van der Waals surface area contributed by atoms with Crippen LogP contribution in [0.4, 0.5) is 10.1 Å². The number of fused-ring (bicyclic) bond motifs is 1. The molecular formula is C49H57FN8O9. The molecular weight excluding hydrogens is 864 g/mol. The van der Waals surface area contributed by atoms with Crippen LogP contribution in [0.1, 0.15) is 86.4 Å². The van der Waals surface area contributed by atoms with E-state index < -0.39 is 35.5 Å². The summed E-state index contributed by atoms with van der Waals surface area (Å²) in [6, 6.07) is 15.3. The molecule has 18 heteroatoms. The topological polar surface area (TPSA) is 199 Å². The Hall–Kier alpha value is -6.18. The van der Waals surface area contributed by atoms with Gasteiger partial charge in [0.15, 0.2) is 5.78 Å². The first-order valence-electron chi connectivity index (χ1n) is 23.1. The first kappa shape index (κ1) is 47.3. The fraction of sp³-hybridized carbons (Fsp3) is 0.449. The molecule has 0 bridgehead atoms. The Balaban J connectivity index is 0.622. The van der Waals surface area contributed by atoms with E-state index in [0.717, 1.165) is 78.0 Å². The van der Waals surface area contributed by atoms with Crippen LogP contribution in [0.3, 0.4) is 0 Å². The van der Waals surface area contributed by atoms with Gasteiger partial charge in [-0.1, -0.05) is 35.5 Å². The Kier molecular flexibility index (Phi) is 15.9. The van der Waals surface area contributed by atoms with Crippen molar-refractivity contribution in [1.82, 2.24) is 35.1 Å². The van der Waals surface area contributed by atoms with E-state index in [4.69, 9.17) is 18.9 Å². The lowest BCUT2D eigenvalue weighted by Gasteiger charge is -2.27. The molecule has 354 valence electrons. The number of carbonyl (C=O) groups excluding carboxylic acids is 5. The van der Waals surface area contributed by atoms with Gasteiger partial charge in [-0.25, -0.2) is 9.07 Å². The Morgan fingerprint density at radius 3 is 2.34 bits per heavy atom. The van der Waals surface area contributed by atoms with Crippen molar-refractivity contribution >= 4 is 46.0 Å². The number of halogens is 1. The van der Waals surface area contributed by atoms with Crippen molar-refractivity contribution in [2.24, 2.45) is 0 Å². The summed E-state index contributed by atoms with van der Waals surface area (Å²) in [5.74, 6) is -2.56. The van der Waals surface area contributed by atoms with Crippen molar-refractivity contribution in [1.29, 1.82) is 0 Å². The molecule has 3 N–H and O–H groups in total. The zero-order chi connectivity index (χ0) is 46.7. The molecule has 1 atom stereocenters. The molecule has 4 amide bonds. The molecule has 1 unspecified atom stereocenters. The van der Waals surface area contributed by atoms with Gasteiger partial charge in [0.25, 0.3) is 11.8 Å². The number of ether oxygens (including phenoxy) is 4. The number of unbranched alkanes of at least 4 members (excludes halogenated alkanes) is 1. The molecule has 4 heterocycles. The van der Waals surface area contributed by atoms with Gasteiger partial charge in [-0.3, -0.25) is 34.2 Å². The normalized spacial score (nSPS) is 16.1. The molecule has 1 saturated heterocycles. The number of amides is 4. The highest BCUT2D eigenvalue weighted by molar-refractivity contribution is 6.25. The van der Waals surface area contributed by atoms with Crippen LogP contribution < -0.4 is 10.6 Å². The number of rotatable bonds is 25. The summed E-state index contributed by atoms with van der Waals surface area (Å²) in [6.07, 6.45) is 7.00. The SMILES string of the molecule is CN(CCCCc1cn(CCOCCOCCOCCOCCNc2cccc3c2C(=O)N(C2CCC(=O)NC2=O)C3=O)nn1)Cc1ccc(-c2[nH]c3cc(F)cc4c3c2CCCC4=O)cc1. The number of nitrogens with one attached hydrogen (secondary N) is 3. The first-order valence-corrected chi connectivity index (χ1v) is 23.1. The molecule has 0 radical (unpaired) electrons. The largest absolute Gasteiger partial charge is 0.382 e. The summed E-state index contributed by atoms with van der Waals surface area (Å²) in [5.41, 5.74) is 7.35. The van der Waals surface area contributed by atoms with Crippen molar-refractivity contribution in [2.45, 2.75) is 70.5 Å². The number of aromatic amines is 1. The molecule has 2 aliphatic heterocycles. The van der Waals surface area contributed by atoms with E-state index in [0.29, 0.717) is 89.1 Å². The van der Waals surface area contributed by atoms with Crippen molar-refractivity contribution in [3.63, 3.8) is 0 Å². The van der Waals surface area contributed by atoms with Crippen molar-refractivity contribution < 1.29 is 47.3 Å². The van der Waals surface area contributed by atoms with Gasteiger partial charge in [0.2, 0.25) is 11.8 Å². The number of hydrogen-bond acceptors (Lipinski definition) is 13. The number of Topliss-reactive ketones (excluding diaryl/α,β-unsaturated/α-hetero) is 1. The summed E-state index contributed by atoms with van der Waals surface area (Å²) in [4.78, 5) is 69.5. The minimum atomic E-state index is -1.02. The molecule has 8 rings (SSSR count). The summed E-state index contributed by atoms with van der Waals surface area (Å²) >= 11 is 0. The Morgan fingerprint density at radius 2 is 1.58 bits per heavy atom. The highest BCUT2D eigenvalue weighted by Crippen LogP contribution is 2.37. The molecule has 3 aromatic carbocycles. The van der Waals surface area contributed by atoms with Crippen LogP contribution in [-0.2, 0) is 54.5 Å². The summed E-state index contributed by atoms with van der Waals surface area (Å²) < 4.78 is 38.7. The molecule has 3 aliphatic rings. The molecule has 2 aromatic heterocycles. The molecule has 1 aliphatic carbocycles. The number of carbonyl (C=O) groups is 5. The van der Waals surface area contributed by atoms with E-state index in [2.05, 4.69) is 62.1 Å². The highest BCUT2D eigenvalue weighted by atomic mass is 19.1. The number of anilines is 1. The number of H-pyrrole nitrogens is 1. The van der Waals surface area contributed by atoms with Crippen molar-refractivity contribution in [2.75, 3.05) is 78.3 Å². The van der Waals surface area contributed by atoms with E-state index in [-0.39, 0.29) is 29.8 Å². The van der Waals surface area contributed by atoms with Crippen molar-refractivity contribution in [3.05, 3.63) is 100 Å². The standard InChI is InChI=1S/C49H57FN8O9/c1-56(30-32-11-13-33(14-12-32)46-36-7-5-10-42(59)38-28-34(50)29-40(52-46)44(36)38)18-3-2-6-35-31-57(55-54-35)19-21-65-23-25-67-27-26-66-24-22-64-20-17-51-39-9-4-8-37-45(39)49(63)58(48(37)62)41-15-16-43(60)53-47(41)61/h4,8-9,11-14,28-29,31,41,51-52H,2-3,5-7,10,15-27,30H2,1H3,(H,53,60,61). The number of ketones is 1. The lowest BCUT2D eigenvalue weighted by atomic mass is 9.99. The number of piperidine rings is 1. The van der Waals surface area contributed by atoms with Gasteiger partial charge in [-0.15, -0.1) is 5.10 Å². The molecule has 67 heavy (non-hydrogen) atoms. The Labute approximate surface area is 387 Å². The molecule has 0 saturated carbocycles. The molecule has 17 nitrogen and oxygen atoms in total. The summed E-state index contributed by atoms with van der Waals surface area (Å²) in [6.45, 7) is 6.06. The number of aryl methyl sites for hydroxylation is 2. The number of imide groups is 2. The number of aromatic nitrogens is 4. The fourth-order valence-electron chi connectivity index (χ4n) is 8.90. The van der Waals surface area contributed by atoms with Crippen LogP contribution in [0.15, 0.2) is 60.8 Å². The monoisotopic (exact) mass is 920 g/mol. The number of hydrogen-bond donors (Lipinski definition) is 3. The predicted octanol–water partition coefficient (Wildman–Crippen LogP) is 5.12. The Morgan fingerprint density at radius 1 is 0.836 bits per heavy atom. The van der Waals surface area contributed by atoms with E-state index in [1.54, 1.807) is 22.9 Å². The molecule has 1 fully saturated rings. The lowest BCUT2D eigenvalue weighted by Crippen LogP contribution is -2.54. The maximum absolute atomic E-state index is 14.3. The summed E-state index contributed by atoms with van der Waals surface area (Å²) in [5, 5.41) is 14.8. The van der Waals surface area contributed by atoms with E-state index in [9.17, 15) is 28.4 Å². The van der Waals surface area contributed by atoms with Gasteiger partial charge in [-0.2, -0.15) is 0 Å². The van der Waals surface area contributed by atoms with E-state index >= 15 is 0 Å². The third kappa shape index (κ3) is 11.7. The van der Waals surface area contributed by atoms with Gasteiger partial charge in [0, 0.05) is 60.0 Å². The maximum atomic E-state index is 14.3. The van der Waals surface area contributed by atoms with Crippen LogP contribution in [0.5, 0.6) is 0 Å². The molecule has 5 aromatic rings. The Bertz CT molecular complexity index is 2580. The van der Waals surface area contributed by atoms with E-state index in [1.807, 2.05) is 6.20 Å². The van der Waals surface area contributed by atoms with Gasteiger partial charge >= 0.3 is 0 Å². The highest BCUT2D eigenvalue weighted by Gasteiger charge is 2.45. The lowest BCUT2D eigenvalue weighted by molar-refractivity contribution is -0.136. The second-order valence-electron chi connectivity index (χ2n) is 17.0. The van der Waals surface area contributed by atoms with Crippen LogP contribution >= 0.6 is 0 Å². The van der Waals surface area contributed by atoms with Crippen LogP contribution in [0.2, 0.25) is 0 Å². The van der Waals surface area contributed by atoms with Gasteiger partial charge < -0.3 is 34.1 Å². The first-order chi connectivity index (χ1) is 32.6. The third-order valence-electron chi connectivity index (χ3n) is 12.2. The quantitative estimate of drug-likeness (QED) is 0.0516. The fourth-order valence-corrected chi connectivity index (χ4v) is 8.90. The minimum absolute atomic E-state index is 0.00740. The zero-order valence-electron chi connectivity index (χ0n) is 37.8. The van der Waals surface area contributed by atoms with Crippen LogP contribution in [-0.4, -0.2) is 138 Å². The smallest absolute Gasteiger partial charge is 0.264 e. The van der Waals surface area contributed by atoms with Gasteiger partial charge in [0.1, 0.15) is 11.9 Å². The number of nitrogens with zero attached hydrogens (tertiary/aromatic N) is 5. The van der Waals surface area contributed by atoms with Gasteiger partial charge in [0.05, 0.1) is 76.2 Å². The minimum Gasteiger partial charge on any atom is -0.382 e. The van der Waals surface area contributed by atoms with Crippen molar-refractivity contribution in [3.8, 4) is 11.3 Å². The molecule has 0 spiro atoms. The zero-order valence-corrected chi connectivity index (χ0v) is 37.8.